The molecule has 2 N–H and O–H groups in total. The Kier molecular flexibility index (Phi) is 6.64. The number of rotatable bonds is 7. The van der Waals surface area contributed by atoms with Gasteiger partial charge in [-0.15, -0.1) is 0 Å². The van der Waals surface area contributed by atoms with Gasteiger partial charge in [0.15, 0.2) is 0 Å². The van der Waals surface area contributed by atoms with E-state index in [9.17, 15) is 13.2 Å². The molecular formula is C22H22ClN3O3S. The van der Waals surface area contributed by atoms with E-state index in [1.807, 2.05) is 43.3 Å². The van der Waals surface area contributed by atoms with Crippen LogP contribution in [0.25, 0.3) is 0 Å². The Morgan fingerprint density at radius 2 is 1.70 bits per heavy atom. The van der Waals surface area contributed by atoms with Crippen LogP contribution in [-0.4, -0.2) is 28.4 Å². The van der Waals surface area contributed by atoms with E-state index in [1.54, 1.807) is 24.3 Å². The molecular weight excluding hydrogens is 422 g/mol. The fourth-order valence-electron chi connectivity index (χ4n) is 2.80. The lowest BCUT2D eigenvalue weighted by molar-refractivity contribution is 0.0950. The zero-order chi connectivity index (χ0) is 21.7. The first-order chi connectivity index (χ1) is 14.2. The van der Waals surface area contributed by atoms with Crippen LogP contribution in [0.3, 0.4) is 0 Å². The summed E-state index contributed by atoms with van der Waals surface area (Å²) in [7, 11) is 0.0285. The molecule has 0 radical (unpaired) electrons. The highest BCUT2D eigenvalue weighted by Crippen LogP contribution is 2.20. The quantitative estimate of drug-likeness (QED) is 0.575. The molecule has 0 bridgehead atoms. The van der Waals surface area contributed by atoms with E-state index in [-0.39, 0.29) is 16.4 Å². The molecule has 0 spiro atoms. The summed E-state index contributed by atoms with van der Waals surface area (Å²) in [6, 6.07) is 20.1. The van der Waals surface area contributed by atoms with Crippen LogP contribution in [0.4, 0.5) is 11.4 Å². The van der Waals surface area contributed by atoms with E-state index in [0.29, 0.717) is 17.3 Å². The van der Waals surface area contributed by atoms with Gasteiger partial charge < -0.3 is 10.2 Å². The largest absolute Gasteiger partial charge is 0.378 e. The van der Waals surface area contributed by atoms with Crippen molar-refractivity contribution < 1.29 is 13.2 Å². The summed E-state index contributed by atoms with van der Waals surface area (Å²) in [6.45, 7) is 0.332. The minimum Gasteiger partial charge on any atom is -0.378 e. The number of sulfonamides is 1. The fourth-order valence-corrected chi connectivity index (χ4v) is 4.08. The molecule has 0 heterocycles. The maximum atomic E-state index is 12.7. The Balaban J connectivity index is 1.72. The average Bonchev–Trinajstić information content (AvgIpc) is 2.72. The Morgan fingerprint density at radius 3 is 2.43 bits per heavy atom. The number of hydrogen-bond donors (Lipinski definition) is 2. The maximum absolute atomic E-state index is 12.7. The molecule has 1 amide bonds. The molecule has 0 aliphatic rings. The van der Waals surface area contributed by atoms with Gasteiger partial charge >= 0.3 is 0 Å². The molecule has 6 nitrogen and oxygen atoms in total. The number of carbonyl (C=O) groups excluding carboxylic acids is 1. The topological polar surface area (TPSA) is 78.5 Å². The normalized spacial score (nSPS) is 11.0. The first-order valence-electron chi connectivity index (χ1n) is 9.17. The summed E-state index contributed by atoms with van der Waals surface area (Å²) in [5, 5.41) is 3.25. The Hall–Kier alpha value is -3.03. The Morgan fingerprint density at radius 1 is 0.967 bits per heavy atom. The molecule has 0 unspecified atom stereocenters. The van der Waals surface area contributed by atoms with Gasteiger partial charge in [0.25, 0.3) is 15.9 Å². The van der Waals surface area contributed by atoms with Crippen molar-refractivity contribution in [1.29, 1.82) is 0 Å². The molecule has 3 aromatic rings. The van der Waals surface area contributed by atoms with Crippen molar-refractivity contribution in [2.24, 2.45) is 0 Å². The number of carbonyl (C=O) groups is 1. The van der Waals surface area contributed by atoms with Crippen LogP contribution >= 0.6 is 11.6 Å². The molecule has 0 fully saturated rings. The summed E-state index contributed by atoms with van der Waals surface area (Å²) in [4.78, 5) is 14.5. The van der Waals surface area contributed by atoms with Gasteiger partial charge in [-0.25, -0.2) is 8.42 Å². The Bertz CT molecular complexity index is 1160. The third-order valence-corrected chi connectivity index (χ3v) is 5.98. The molecule has 0 atom stereocenters. The molecule has 30 heavy (non-hydrogen) atoms. The lowest BCUT2D eigenvalue weighted by Crippen LogP contribution is -2.23. The molecule has 156 valence electrons. The van der Waals surface area contributed by atoms with Crippen LogP contribution in [0.5, 0.6) is 0 Å². The highest BCUT2D eigenvalue weighted by Gasteiger charge is 2.17. The number of hydrogen-bond acceptors (Lipinski definition) is 4. The zero-order valence-corrected chi connectivity index (χ0v) is 18.2. The van der Waals surface area contributed by atoms with Crippen LogP contribution < -0.4 is 14.9 Å². The van der Waals surface area contributed by atoms with E-state index >= 15 is 0 Å². The van der Waals surface area contributed by atoms with Crippen molar-refractivity contribution in [2.45, 2.75) is 11.4 Å². The predicted molar refractivity (Wildman–Crippen MR) is 121 cm³/mol. The van der Waals surface area contributed by atoms with Crippen LogP contribution in [0.2, 0.25) is 5.02 Å². The van der Waals surface area contributed by atoms with Crippen LogP contribution in [0.1, 0.15) is 15.9 Å². The van der Waals surface area contributed by atoms with Gasteiger partial charge in [-0.3, -0.25) is 9.52 Å². The van der Waals surface area contributed by atoms with Gasteiger partial charge in [-0.05, 0) is 54.1 Å². The van der Waals surface area contributed by atoms with Crippen molar-refractivity contribution >= 4 is 38.9 Å². The lowest BCUT2D eigenvalue weighted by Gasteiger charge is -2.14. The Labute approximate surface area is 181 Å². The van der Waals surface area contributed by atoms with Crippen LogP contribution in [-0.2, 0) is 16.6 Å². The van der Waals surface area contributed by atoms with E-state index in [2.05, 4.69) is 10.0 Å². The van der Waals surface area contributed by atoms with Crippen molar-refractivity contribution in [1.82, 2.24) is 5.32 Å². The fraction of sp³-hybridized carbons (Fsp3) is 0.136. The summed E-state index contributed by atoms with van der Waals surface area (Å²) in [5.41, 5.74) is 2.58. The van der Waals surface area contributed by atoms with Gasteiger partial charge in [0.1, 0.15) is 0 Å². The van der Waals surface area contributed by atoms with Gasteiger partial charge in [-0.1, -0.05) is 35.9 Å². The monoisotopic (exact) mass is 443 g/mol. The summed E-state index contributed by atoms with van der Waals surface area (Å²) in [6.07, 6.45) is 0. The third kappa shape index (κ3) is 5.52. The number of nitrogens with one attached hydrogen (secondary N) is 2. The van der Waals surface area contributed by atoms with Crippen LogP contribution in [0, 0.1) is 0 Å². The second-order valence-corrected chi connectivity index (χ2v) is 9.01. The molecule has 8 heteroatoms. The maximum Gasteiger partial charge on any atom is 0.261 e. The highest BCUT2D eigenvalue weighted by molar-refractivity contribution is 7.92. The predicted octanol–water partition coefficient (Wildman–Crippen LogP) is 4.14. The zero-order valence-electron chi connectivity index (χ0n) is 16.6. The third-order valence-electron chi connectivity index (χ3n) is 4.36. The van der Waals surface area contributed by atoms with E-state index in [0.717, 1.165) is 11.3 Å². The molecule has 0 saturated heterocycles. The van der Waals surface area contributed by atoms with Crippen molar-refractivity contribution in [3.05, 3.63) is 88.9 Å². The van der Waals surface area contributed by atoms with E-state index < -0.39 is 10.0 Å². The molecule has 3 rings (SSSR count). The molecule has 0 aliphatic carbocycles. The van der Waals surface area contributed by atoms with Gasteiger partial charge in [0.05, 0.1) is 10.6 Å². The first-order valence-corrected chi connectivity index (χ1v) is 11.0. The highest BCUT2D eigenvalue weighted by atomic mass is 35.5. The summed E-state index contributed by atoms with van der Waals surface area (Å²) in [5.74, 6) is -0.356. The van der Waals surface area contributed by atoms with Gasteiger partial charge in [0.2, 0.25) is 0 Å². The van der Waals surface area contributed by atoms with Crippen molar-refractivity contribution in [2.75, 3.05) is 23.7 Å². The minimum absolute atomic E-state index is 0.00951. The number of benzene rings is 3. The SMILES string of the molecule is CN(C)c1cccc(CNC(=O)c2cccc(S(=O)(=O)Nc3cccc(Cl)c3)c2)c1. The van der Waals surface area contributed by atoms with Gasteiger partial charge in [0, 0.05) is 36.9 Å². The minimum atomic E-state index is -3.86. The number of amides is 1. The standard InChI is InChI=1S/C22H22ClN3O3S/c1-26(2)20-10-3-6-16(12-20)15-24-22(27)17-7-4-11-21(13-17)30(28,29)25-19-9-5-8-18(23)14-19/h3-14,25H,15H2,1-2H3,(H,24,27). The summed E-state index contributed by atoms with van der Waals surface area (Å²) >= 11 is 5.91. The van der Waals surface area contributed by atoms with Crippen molar-refractivity contribution in [3.8, 4) is 0 Å². The van der Waals surface area contributed by atoms with Gasteiger partial charge in [-0.2, -0.15) is 0 Å². The van der Waals surface area contributed by atoms with Crippen molar-refractivity contribution in [3.63, 3.8) is 0 Å². The lowest BCUT2D eigenvalue weighted by atomic mass is 10.1. The first kappa shape index (κ1) is 21.7. The molecule has 3 aromatic carbocycles. The molecule has 0 aliphatic heterocycles. The number of anilines is 2. The second kappa shape index (κ2) is 9.19. The smallest absolute Gasteiger partial charge is 0.261 e. The molecule has 0 saturated carbocycles. The van der Waals surface area contributed by atoms with Crippen LogP contribution in [0.15, 0.2) is 77.7 Å². The second-order valence-electron chi connectivity index (χ2n) is 6.89. The molecule has 0 aromatic heterocycles. The average molecular weight is 444 g/mol. The van der Waals surface area contributed by atoms with E-state index in [1.165, 1.54) is 24.3 Å². The van der Waals surface area contributed by atoms with E-state index in [4.69, 9.17) is 11.6 Å². The summed E-state index contributed by atoms with van der Waals surface area (Å²) < 4.78 is 27.8. The number of nitrogens with zero attached hydrogens (tertiary/aromatic N) is 1. The number of halogens is 1.